The molecule has 2 heterocycles. The number of carbonyl (C=O) groups excluding carboxylic acids is 1. The van der Waals surface area contributed by atoms with E-state index in [-0.39, 0.29) is 11.8 Å². The second kappa shape index (κ2) is 5.35. The molecule has 0 fully saturated rings. The van der Waals surface area contributed by atoms with Crippen molar-refractivity contribution < 1.29 is 4.79 Å². The molecular weight excluding hydrogens is 282 g/mol. The van der Waals surface area contributed by atoms with E-state index < -0.39 is 0 Å². The molecule has 0 amide bonds. The zero-order valence-corrected chi connectivity index (χ0v) is 12.6. The highest BCUT2D eigenvalue weighted by molar-refractivity contribution is 7.09. The van der Waals surface area contributed by atoms with Gasteiger partial charge in [-0.05, 0) is 38.1 Å². The standard InChI is InChI=1S/C16H15N3OS/c1-9-3-4-11-7-12(5-6-13(11)18-9)15(20)14-8-21-16(19-14)10(2)17/h3-8,10H,17H2,1-2H3. The number of hydrogen-bond donors (Lipinski definition) is 1. The van der Waals surface area contributed by atoms with Crippen molar-refractivity contribution in [3.05, 3.63) is 57.7 Å². The summed E-state index contributed by atoms with van der Waals surface area (Å²) in [4.78, 5) is 21.2. The number of ketones is 1. The van der Waals surface area contributed by atoms with E-state index in [1.165, 1.54) is 11.3 Å². The summed E-state index contributed by atoms with van der Waals surface area (Å²) in [5.41, 5.74) is 8.70. The predicted octanol–water partition coefficient (Wildman–Crippen LogP) is 3.25. The van der Waals surface area contributed by atoms with E-state index in [9.17, 15) is 4.79 Å². The summed E-state index contributed by atoms with van der Waals surface area (Å²) in [5.74, 6) is -0.0828. The molecular formula is C16H15N3OS. The summed E-state index contributed by atoms with van der Waals surface area (Å²) >= 11 is 1.42. The number of carbonyl (C=O) groups is 1. The summed E-state index contributed by atoms with van der Waals surface area (Å²) in [6, 6.07) is 9.28. The summed E-state index contributed by atoms with van der Waals surface area (Å²) in [7, 11) is 0. The SMILES string of the molecule is Cc1ccc2cc(C(=O)c3csc(C(C)N)n3)ccc2n1. The second-order valence-corrected chi connectivity index (χ2v) is 5.94. The van der Waals surface area contributed by atoms with Gasteiger partial charge >= 0.3 is 0 Å². The Morgan fingerprint density at radius 2 is 2.05 bits per heavy atom. The van der Waals surface area contributed by atoms with Gasteiger partial charge in [0, 0.05) is 22.0 Å². The summed E-state index contributed by atoms with van der Waals surface area (Å²) in [5, 5.41) is 3.49. The van der Waals surface area contributed by atoms with Gasteiger partial charge in [0.2, 0.25) is 5.78 Å². The van der Waals surface area contributed by atoms with Crippen molar-refractivity contribution in [1.82, 2.24) is 9.97 Å². The molecule has 0 aliphatic heterocycles. The Bertz CT molecular complexity index is 823. The lowest BCUT2D eigenvalue weighted by Gasteiger charge is -2.02. The topological polar surface area (TPSA) is 68.9 Å². The largest absolute Gasteiger partial charge is 0.322 e. The van der Waals surface area contributed by atoms with Crippen LogP contribution in [0.1, 0.15) is 39.7 Å². The molecule has 1 atom stereocenters. The number of nitrogens with two attached hydrogens (primary N) is 1. The van der Waals surface area contributed by atoms with Crippen LogP contribution in [0.2, 0.25) is 0 Å². The fourth-order valence-corrected chi connectivity index (χ4v) is 2.88. The van der Waals surface area contributed by atoms with Crippen molar-refractivity contribution in [3.63, 3.8) is 0 Å². The van der Waals surface area contributed by atoms with Gasteiger partial charge in [0.1, 0.15) is 10.7 Å². The van der Waals surface area contributed by atoms with Gasteiger partial charge in [0.05, 0.1) is 11.6 Å². The number of hydrogen-bond acceptors (Lipinski definition) is 5. The molecule has 0 spiro atoms. The Morgan fingerprint density at radius 3 is 2.76 bits per heavy atom. The van der Waals surface area contributed by atoms with E-state index in [0.717, 1.165) is 21.6 Å². The quantitative estimate of drug-likeness (QED) is 0.753. The zero-order valence-electron chi connectivity index (χ0n) is 11.8. The maximum absolute atomic E-state index is 12.5. The normalized spacial score (nSPS) is 12.5. The molecule has 0 saturated heterocycles. The Kier molecular flexibility index (Phi) is 3.53. The zero-order chi connectivity index (χ0) is 15.0. The van der Waals surface area contributed by atoms with Gasteiger partial charge in [0.15, 0.2) is 0 Å². The summed E-state index contributed by atoms with van der Waals surface area (Å²) in [6.45, 7) is 3.81. The molecule has 0 aliphatic rings. The van der Waals surface area contributed by atoms with E-state index in [0.29, 0.717) is 11.3 Å². The van der Waals surface area contributed by atoms with E-state index in [1.54, 1.807) is 11.4 Å². The first-order chi connectivity index (χ1) is 10.0. The fourth-order valence-electron chi connectivity index (χ4n) is 2.12. The van der Waals surface area contributed by atoms with Crippen molar-refractivity contribution in [2.45, 2.75) is 19.9 Å². The molecule has 1 unspecified atom stereocenters. The van der Waals surface area contributed by atoms with Crippen LogP contribution in [0.4, 0.5) is 0 Å². The minimum absolute atomic E-state index is 0.0828. The summed E-state index contributed by atoms with van der Waals surface area (Å²) < 4.78 is 0. The minimum Gasteiger partial charge on any atom is -0.322 e. The lowest BCUT2D eigenvalue weighted by Crippen LogP contribution is -2.06. The first-order valence-corrected chi connectivity index (χ1v) is 7.55. The smallest absolute Gasteiger partial charge is 0.212 e. The Balaban J connectivity index is 1.98. The molecule has 0 saturated carbocycles. The van der Waals surface area contributed by atoms with E-state index in [4.69, 9.17) is 5.73 Å². The third-order valence-electron chi connectivity index (χ3n) is 3.23. The van der Waals surface area contributed by atoms with Gasteiger partial charge in [-0.25, -0.2) is 4.98 Å². The molecule has 1 aromatic carbocycles. The third kappa shape index (κ3) is 2.70. The van der Waals surface area contributed by atoms with Gasteiger partial charge in [0.25, 0.3) is 0 Å². The van der Waals surface area contributed by atoms with Crippen LogP contribution >= 0.6 is 11.3 Å². The Labute approximate surface area is 126 Å². The predicted molar refractivity (Wildman–Crippen MR) is 84.6 cm³/mol. The number of benzene rings is 1. The van der Waals surface area contributed by atoms with Crippen molar-refractivity contribution in [2.75, 3.05) is 0 Å². The molecule has 106 valence electrons. The average molecular weight is 297 g/mol. The number of nitrogens with zero attached hydrogens (tertiary/aromatic N) is 2. The van der Waals surface area contributed by atoms with Gasteiger partial charge in [-0.3, -0.25) is 9.78 Å². The molecule has 3 aromatic rings. The molecule has 3 rings (SSSR count). The minimum atomic E-state index is -0.152. The number of pyridine rings is 1. The monoisotopic (exact) mass is 297 g/mol. The highest BCUT2D eigenvalue weighted by atomic mass is 32.1. The third-order valence-corrected chi connectivity index (χ3v) is 4.28. The van der Waals surface area contributed by atoms with Crippen LogP contribution in [0.25, 0.3) is 10.9 Å². The molecule has 0 aliphatic carbocycles. The number of rotatable bonds is 3. The number of thiazole rings is 1. The fraction of sp³-hybridized carbons (Fsp3) is 0.188. The highest BCUT2D eigenvalue weighted by Crippen LogP contribution is 2.20. The lowest BCUT2D eigenvalue weighted by atomic mass is 10.1. The van der Waals surface area contributed by atoms with Crippen LogP contribution in [0.3, 0.4) is 0 Å². The highest BCUT2D eigenvalue weighted by Gasteiger charge is 2.15. The van der Waals surface area contributed by atoms with Crippen molar-refractivity contribution in [3.8, 4) is 0 Å². The number of aromatic nitrogens is 2. The molecule has 2 N–H and O–H groups in total. The summed E-state index contributed by atoms with van der Waals surface area (Å²) in [6.07, 6.45) is 0. The van der Waals surface area contributed by atoms with Crippen LogP contribution in [0.5, 0.6) is 0 Å². The van der Waals surface area contributed by atoms with E-state index in [2.05, 4.69) is 9.97 Å². The van der Waals surface area contributed by atoms with Crippen molar-refractivity contribution >= 4 is 28.0 Å². The molecule has 21 heavy (non-hydrogen) atoms. The number of fused-ring (bicyclic) bond motifs is 1. The first kappa shape index (κ1) is 13.9. The first-order valence-electron chi connectivity index (χ1n) is 6.68. The maximum Gasteiger partial charge on any atom is 0.212 e. The second-order valence-electron chi connectivity index (χ2n) is 5.05. The molecule has 4 nitrogen and oxygen atoms in total. The van der Waals surface area contributed by atoms with Gasteiger partial charge in [-0.15, -0.1) is 11.3 Å². The average Bonchev–Trinajstić information content (AvgIpc) is 2.96. The maximum atomic E-state index is 12.5. The number of aryl methyl sites for hydroxylation is 1. The molecule has 0 radical (unpaired) electrons. The van der Waals surface area contributed by atoms with Gasteiger partial charge in [-0.2, -0.15) is 0 Å². The Hall–Kier alpha value is -2.11. The van der Waals surface area contributed by atoms with Crippen LogP contribution in [0.15, 0.2) is 35.7 Å². The lowest BCUT2D eigenvalue weighted by molar-refractivity contribution is 0.103. The molecule has 0 bridgehead atoms. The molecule has 2 aromatic heterocycles. The van der Waals surface area contributed by atoms with Crippen molar-refractivity contribution in [1.29, 1.82) is 0 Å². The van der Waals surface area contributed by atoms with Crippen LogP contribution < -0.4 is 5.73 Å². The van der Waals surface area contributed by atoms with Crippen molar-refractivity contribution in [2.24, 2.45) is 5.73 Å². The molecule has 5 heteroatoms. The van der Waals surface area contributed by atoms with Gasteiger partial charge < -0.3 is 5.73 Å². The van der Waals surface area contributed by atoms with Crippen LogP contribution in [0, 0.1) is 6.92 Å². The van der Waals surface area contributed by atoms with Crippen LogP contribution in [-0.2, 0) is 0 Å². The van der Waals surface area contributed by atoms with E-state index >= 15 is 0 Å². The van der Waals surface area contributed by atoms with Crippen LogP contribution in [-0.4, -0.2) is 15.8 Å². The van der Waals surface area contributed by atoms with E-state index in [1.807, 2.05) is 38.1 Å². The van der Waals surface area contributed by atoms with Gasteiger partial charge in [-0.1, -0.05) is 6.07 Å². The Morgan fingerprint density at radius 1 is 1.24 bits per heavy atom.